The van der Waals surface area contributed by atoms with Gasteiger partial charge in [0.25, 0.3) is 21.6 Å². The van der Waals surface area contributed by atoms with E-state index in [1.807, 2.05) is 19.1 Å². The molecule has 2 aromatic heterocycles. The number of nitro benzene ring substituents is 1. The number of rotatable bonds is 18. The molecule has 2 aliphatic heterocycles. The number of piperidine rings is 1. The standard InChI is InChI=1S/C52H66N8O8S/c1-34(2)43-7-5-6-8-44(43)35(3)59(24-21-53-38-32-67-33-38)40-28-52(29-40)18-22-58(23-19-52)39-9-11-45(48(26-39)68-41-25-37-15-20-54-49(37)56-31-41)50(61)57-69(65,66)42-10-12-46(47(27-42)60(63)64)55-30-36-13-16-51(4,62)17-14-36/h5-12,15,20,25-27,31,34-36,38,40,53,55,62H,13-14,16-19,21-24,28-30,32-33H2,1-4H3,(H,54,56)(H,57,61)/t35-,36?,51?/m1/s1. The fourth-order valence-corrected chi connectivity index (χ4v) is 11.9. The number of H-pyrrole nitrogens is 1. The highest BCUT2D eigenvalue weighted by molar-refractivity contribution is 7.90. The van der Waals surface area contributed by atoms with Crippen LogP contribution in [0.2, 0.25) is 0 Å². The van der Waals surface area contributed by atoms with Gasteiger partial charge < -0.3 is 35.1 Å². The number of sulfonamides is 1. The van der Waals surface area contributed by atoms with Gasteiger partial charge in [-0.1, -0.05) is 38.1 Å². The summed E-state index contributed by atoms with van der Waals surface area (Å²) in [5.41, 5.74) is 3.55. The number of aromatic nitrogens is 2. The van der Waals surface area contributed by atoms with E-state index in [-0.39, 0.29) is 34.4 Å². The number of hydrogen-bond acceptors (Lipinski definition) is 13. The molecule has 16 nitrogen and oxygen atoms in total. The molecule has 17 heteroatoms. The van der Waals surface area contributed by atoms with Crippen molar-refractivity contribution < 1.29 is 32.7 Å². The maximum atomic E-state index is 14.1. The van der Waals surface area contributed by atoms with Crippen LogP contribution in [0.25, 0.3) is 11.0 Å². The van der Waals surface area contributed by atoms with Crippen molar-refractivity contribution >= 4 is 44.0 Å². The van der Waals surface area contributed by atoms with Gasteiger partial charge >= 0.3 is 0 Å². The van der Waals surface area contributed by atoms with Crippen LogP contribution < -0.4 is 25.0 Å². The first-order chi connectivity index (χ1) is 33.1. The third kappa shape index (κ3) is 10.9. The second-order valence-corrected chi connectivity index (χ2v) is 22.2. The van der Waals surface area contributed by atoms with E-state index < -0.39 is 37.0 Å². The number of nitro groups is 1. The first kappa shape index (κ1) is 48.4. The number of fused-ring (bicyclic) bond motifs is 1. The number of anilines is 2. The summed E-state index contributed by atoms with van der Waals surface area (Å²) >= 11 is 0. The molecule has 1 atom stereocenters. The van der Waals surface area contributed by atoms with Crippen LogP contribution in [0, 0.1) is 21.4 Å². The Labute approximate surface area is 404 Å². The average molecular weight is 963 g/mol. The summed E-state index contributed by atoms with van der Waals surface area (Å²) < 4.78 is 41.6. The summed E-state index contributed by atoms with van der Waals surface area (Å²) in [5, 5.41) is 30.1. The molecule has 0 radical (unpaired) electrons. The van der Waals surface area contributed by atoms with Crippen molar-refractivity contribution in [1.82, 2.24) is 24.9 Å². The van der Waals surface area contributed by atoms with Crippen LogP contribution in [0.15, 0.2) is 90.1 Å². The number of nitrogens with zero attached hydrogens (tertiary/aromatic N) is 4. The molecule has 2 aliphatic carbocycles. The smallest absolute Gasteiger partial charge is 0.293 e. The largest absolute Gasteiger partial charge is 0.455 e. The van der Waals surface area contributed by atoms with E-state index in [1.165, 1.54) is 29.5 Å². The lowest BCUT2D eigenvalue weighted by molar-refractivity contribution is -0.384. The molecule has 3 aromatic carbocycles. The van der Waals surface area contributed by atoms with Crippen LogP contribution in [0.5, 0.6) is 11.5 Å². The van der Waals surface area contributed by atoms with E-state index in [0.717, 1.165) is 95.1 Å². The first-order valence-corrected chi connectivity index (χ1v) is 26.0. The third-order valence-corrected chi connectivity index (χ3v) is 16.6. The van der Waals surface area contributed by atoms with Crippen LogP contribution in [-0.4, -0.2) is 103 Å². The molecule has 1 amide bonds. The summed E-state index contributed by atoms with van der Waals surface area (Å²) in [7, 11) is -4.58. The van der Waals surface area contributed by atoms with Crippen molar-refractivity contribution in [1.29, 1.82) is 0 Å². The van der Waals surface area contributed by atoms with E-state index in [2.05, 4.69) is 80.2 Å². The van der Waals surface area contributed by atoms with Gasteiger partial charge in [-0.2, -0.15) is 0 Å². The lowest BCUT2D eigenvalue weighted by atomic mass is 9.59. The van der Waals surface area contributed by atoms with Crippen LogP contribution in [-0.2, 0) is 14.8 Å². The Hall–Kier alpha value is -5.59. The summed E-state index contributed by atoms with van der Waals surface area (Å²) in [6.45, 7) is 14.2. The van der Waals surface area contributed by atoms with Crippen molar-refractivity contribution in [3.8, 4) is 11.5 Å². The van der Waals surface area contributed by atoms with Crippen molar-refractivity contribution in [3.05, 3.63) is 112 Å². The SMILES string of the molecule is CC(C)c1ccccc1[C@@H](C)N(CCNC1COC1)C1CC2(CCN(c3ccc(C(=O)NS(=O)(=O)c4ccc(NCC5CCC(C)(O)CC5)c([N+](=O)[O-])c4)c(Oc4cnc5[nH]ccc5c4)c3)CC2)C1. The molecule has 4 aliphatic rings. The number of nitrogens with one attached hydrogen (secondary N) is 4. The molecular weight excluding hydrogens is 897 g/mol. The number of carbonyl (C=O) groups is 1. The highest BCUT2D eigenvalue weighted by atomic mass is 32.2. The summed E-state index contributed by atoms with van der Waals surface area (Å²) in [4.78, 5) is 37.7. The van der Waals surface area contributed by atoms with Crippen molar-refractivity contribution in [2.45, 2.75) is 114 Å². The van der Waals surface area contributed by atoms with Gasteiger partial charge in [0.1, 0.15) is 22.8 Å². The van der Waals surface area contributed by atoms with Crippen LogP contribution in [0.3, 0.4) is 0 Å². The van der Waals surface area contributed by atoms with E-state index in [1.54, 1.807) is 24.4 Å². The van der Waals surface area contributed by atoms with Crippen LogP contribution in [0.4, 0.5) is 17.1 Å². The van der Waals surface area contributed by atoms with Gasteiger partial charge in [0.05, 0.1) is 46.4 Å². The second kappa shape index (κ2) is 20.0. The number of aromatic amines is 1. The Morgan fingerprint density at radius 2 is 1.75 bits per heavy atom. The van der Waals surface area contributed by atoms with Crippen molar-refractivity contribution in [3.63, 3.8) is 0 Å². The predicted octanol–water partition coefficient (Wildman–Crippen LogP) is 8.66. The quantitative estimate of drug-likeness (QED) is 0.0413. The molecule has 0 unspecified atom stereocenters. The molecule has 0 bridgehead atoms. The Morgan fingerprint density at radius 1 is 1.01 bits per heavy atom. The fraction of sp³-hybridized carbons (Fsp3) is 0.500. The summed E-state index contributed by atoms with van der Waals surface area (Å²) in [5.74, 6) is 0.189. The number of carbonyl (C=O) groups excluding carboxylic acids is 1. The molecule has 5 aromatic rings. The predicted molar refractivity (Wildman–Crippen MR) is 267 cm³/mol. The minimum absolute atomic E-state index is 0.0290. The summed E-state index contributed by atoms with van der Waals surface area (Å²) in [6, 6.07) is 22.4. The zero-order valence-electron chi connectivity index (χ0n) is 40.1. The first-order valence-electron chi connectivity index (χ1n) is 24.5. The maximum absolute atomic E-state index is 14.1. The Kier molecular flexibility index (Phi) is 14.1. The lowest BCUT2D eigenvalue weighted by Gasteiger charge is -2.57. The normalized spacial score (nSPS) is 21.3. The van der Waals surface area contributed by atoms with Gasteiger partial charge in [0.15, 0.2) is 0 Å². The highest BCUT2D eigenvalue weighted by Gasteiger charge is 2.49. The monoisotopic (exact) mass is 962 g/mol. The molecule has 2 saturated carbocycles. The Bertz CT molecular complexity index is 2750. The van der Waals surface area contributed by atoms with Gasteiger partial charge in [-0.25, -0.2) is 18.1 Å². The van der Waals surface area contributed by atoms with Crippen LogP contribution in [0.1, 0.15) is 113 Å². The number of pyridine rings is 1. The van der Waals surface area contributed by atoms with Gasteiger partial charge in [0.2, 0.25) is 0 Å². The van der Waals surface area contributed by atoms with Gasteiger partial charge in [-0.3, -0.25) is 19.8 Å². The molecule has 4 fully saturated rings. The lowest BCUT2D eigenvalue weighted by Crippen LogP contribution is -2.57. The summed E-state index contributed by atoms with van der Waals surface area (Å²) in [6.07, 6.45) is 10.4. The molecule has 69 heavy (non-hydrogen) atoms. The molecular formula is C52H66N8O8S. The van der Waals surface area contributed by atoms with E-state index in [9.17, 15) is 28.4 Å². The Morgan fingerprint density at radius 3 is 2.45 bits per heavy atom. The van der Waals surface area contributed by atoms with E-state index >= 15 is 0 Å². The van der Waals surface area contributed by atoms with Crippen molar-refractivity contribution in [2.24, 2.45) is 11.3 Å². The minimum atomic E-state index is -4.58. The molecule has 5 N–H and O–H groups in total. The van der Waals surface area contributed by atoms with Gasteiger partial charge in [0, 0.05) is 74.2 Å². The topological polar surface area (TPSA) is 204 Å². The van der Waals surface area contributed by atoms with Crippen molar-refractivity contribution in [2.75, 3.05) is 56.2 Å². The molecule has 368 valence electrons. The number of amides is 1. The van der Waals surface area contributed by atoms with Gasteiger partial charge in [-0.15, -0.1) is 0 Å². The number of benzene rings is 3. The maximum Gasteiger partial charge on any atom is 0.293 e. The zero-order valence-corrected chi connectivity index (χ0v) is 40.9. The molecule has 9 rings (SSSR count). The second-order valence-electron chi connectivity index (χ2n) is 20.5. The fourth-order valence-electron chi connectivity index (χ4n) is 10.9. The average Bonchev–Trinajstić information content (AvgIpc) is 3.78. The number of aliphatic hydroxyl groups is 1. The van der Waals surface area contributed by atoms with E-state index in [0.29, 0.717) is 48.8 Å². The Balaban J connectivity index is 0.895. The van der Waals surface area contributed by atoms with Crippen LogP contribution >= 0.6 is 0 Å². The molecule has 1 spiro atoms. The zero-order chi connectivity index (χ0) is 48.5. The molecule has 2 saturated heterocycles. The molecule has 4 heterocycles. The van der Waals surface area contributed by atoms with E-state index in [4.69, 9.17) is 9.47 Å². The minimum Gasteiger partial charge on any atom is -0.455 e. The number of ether oxygens (including phenoxy) is 2. The third-order valence-electron chi connectivity index (χ3n) is 15.3. The van der Waals surface area contributed by atoms with Gasteiger partial charge in [-0.05, 0) is 130 Å². The highest BCUT2D eigenvalue weighted by Crippen LogP contribution is 2.53. The number of hydrogen-bond donors (Lipinski definition) is 5.